The van der Waals surface area contributed by atoms with E-state index in [0.29, 0.717) is 25.4 Å². The second-order valence-electron chi connectivity index (χ2n) is 8.61. The Bertz CT molecular complexity index is 836. The minimum absolute atomic E-state index is 0.0675. The van der Waals surface area contributed by atoms with Crippen LogP contribution in [-0.4, -0.2) is 76.2 Å². The van der Waals surface area contributed by atoms with Gasteiger partial charge in [0.1, 0.15) is 5.56 Å². The van der Waals surface area contributed by atoms with E-state index in [-0.39, 0.29) is 41.6 Å². The number of carbonyl (C=O) groups is 2. The fourth-order valence-electron chi connectivity index (χ4n) is 5.52. The molecule has 0 radical (unpaired) electrons. The number of fused-ring (bicyclic) bond motifs is 4. The van der Waals surface area contributed by atoms with Gasteiger partial charge in [-0.15, -0.1) is 0 Å². The summed E-state index contributed by atoms with van der Waals surface area (Å²) in [6, 6.07) is 3.36. The molecule has 3 saturated heterocycles. The van der Waals surface area contributed by atoms with Crippen molar-refractivity contribution in [3.8, 4) is 0 Å². The van der Waals surface area contributed by atoms with E-state index in [1.807, 2.05) is 4.90 Å². The van der Waals surface area contributed by atoms with E-state index in [9.17, 15) is 19.5 Å². The van der Waals surface area contributed by atoms with E-state index in [4.69, 9.17) is 0 Å². The van der Waals surface area contributed by atoms with Crippen LogP contribution in [0.25, 0.3) is 0 Å². The summed E-state index contributed by atoms with van der Waals surface area (Å²) >= 11 is 0. The fraction of sp³-hybridized carbons (Fsp3) is 0.667. The van der Waals surface area contributed by atoms with Gasteiger partial charge in [-0.1, -0.05) is 0 Å². The van der Waals surface area contributed by atoms with Crippen LogP contribution < -0.4 is 10.9 Å². The number of aliphatic hydroxyl groups excluding tert-OH is 1. The highest BCUT2D eigenvalue weighted by atomic mass is 16.3. The van der Waals surface area contributed by atoms with Crippen molar-refractivity contribution in [1.82, 2.24) is 19.7 Å². The molecule has 2 bridgehead atoms. The lowest BCUT2D eigenvalue weighted by molar-refractivity contribution is -0.152. The standard InChI is InChI=1S/C21H30N4O4/c1-23-7-3-4-16(21(23)29)20(28)22-11-18-15-10-14(12-24(13-15)8-9-26)17-5-2-6-19(27)25(17)18/h3-4,7,14-15,17-18,26H,2,5-6,8-13H2,1H3,(H,22,28)/t14-,15+,17+,18+/m1/s1. The number of nitrogens with zero attached hydrogens (tertiary/aromatic N) is 3. The van der Waals surface area contributed by atoms with Crippen LogP contribution in [-0.2, 0) is 11.8 Å². The SMILES string of the molecule is Cn1cccc(C(=O)NC[C@H]2[C@H]3C[C@H](CN(CCO)C3)[C@@H]3CCCC(=O)N32)c1=O. The molecule has 3 aliphatic heterocycles. The lowest BCUT2D eigenvalue weighted by atomic mass is 9.72. The summed E-state index contributed by atoms with van der Waals surface area (Å²) in [6.45, 7) is 2.87. The molecule has 0 unspecified atom stereocenters. The van der Waals surface area contributed by atoms with E-state index < -0.39 is 5.91 Å². The lowest BCUT2D eigenvalue weighted by Gasteiger charge is -2.56. The van der Waals surface area contributed by atoms with Crippen LogP contribution in [0.3, 0.4) is 0 Å². The van der Waals surface area contributed by atoms with Crippen LogP contribution in [0.15, 0.2) is 23.1 Å². The van der Waals surface area contributed by atoms with Crippen molar-refractivity contribution in [2.24, 2.45) is 18.9 Å². The molecule has 2 N–H and O–H groups in total. The molecule has 0 saturated carbocycles. The number of nitrogens with one attached hydrogen (secondary N) is 1. The number of pyridine rings is 1. The maximum absolute atomic E-state index is 12.8. The molecule has 0 aromatic carbocycles. The molecule has 3 fully saturated rings. The molecule has 158 valence electrons. The van der Waals surface area contributed by atoms with Gasteiger partial charge in [0.15, 0.2) is 0 Å². The van der Waals surface area contributed by atoms with E-state index >= 15 is 0 Å². The normalized spacial score (nSPS) is 29.4. The lowest BCUT2D eigenvalue weighted by Crippen LogP contribution is -2.67. The Labute approximate surface area is 170 Å². The first-order valence-electron chi connectivity index (χ1n) is 10.6. The van der Waals surface area contributed by atoms with Crippen molar-refractivity contribution in [1.29, 1.82) is 0 Å². The molecule has 29 heavy (non-hydrogen) atoms. The van der Waals surface area contributed by atoms with Gasteiger partial charge in [0, 0.05) is 51.9 Å². The number of carbonyl (C=O) groups excluding carboxylic acids is 2. The van der Waals surface area contributed by atoms with Crippen molar-refractivity contribution in [3.05, 3.63) is 34.2 Å². The predicted octanol–water partition coefficient (Wildman–Crippen LogP) is -0.191. The molecule has 4 heterocycles. The summed E-state index contributed by atoms with van der Waals surface area (Å²) in [6.07, 6.45) is 5.15. The minimum atomic E-state index is -0.391. The first kappa shape index (κ1) is 20.1. The summed E-state index contributed by atoms with van der Waals surface area (Å²) < 4.78 is 1.39. The van der Waals surface area contributed by atoms with Gasteiger partial charge in [-0.25, -0.2) is 0 Å². The average Bonchev–Trinajstić information content (AvgIpc) is 2.70. The summed E-state index contributed by atoms with van der Waals surface area (Å²) in [5.41, 5.74) is -0.205. The van der Waals surface area contributed by atoms with E-state index in [1.165, 1.54) is 10.6 Å². The van der Waals surface area contributed by atoms with Gasteiger partial charge in [-0.05, 0) is 43.2 Å². The van der Waals surface area contributed by atoms with Gasteiger partial charge < -0.3 is 24.8 Å². The first-order chi connectivity index (χ1) is 14.0. The van der Waals surface area contributed by atoms with Crippen molar-refractivity contribution in [2.75, 3.05) is 32.8 Å². The number of aromatic nitrogens is 1. The monoisotopic (exact) mass is 402 g/mol. The third-order valence-corrected chi connectivity index (χ3v) is 6.83. The van der Waals surface area contributed by atoms with Crippen LogP contribution in [0.4, 0.5) is 0 Å². The molecule has 3 aliphatic rings. The van der Waals surface area contributed by atoms with Crippen LogP contribution >= 0.6 is 0 Å². The van der Waals surface area contributed by atoms with E-state index in [2.05, 4.69) is 10.2 Å². The maximum Gasteiger partial charge on any atom is 0.263 e. The molecule has 8 nitrogen and oxygen atoms in total. The zero-order valence-corrected chi connectivity index (χ0v) is 16.9. The molecule has 4 rings (SSSR count). The number of β-amino-alcohol motifs (C(OH)–C–C–N with tert-alkyl or cyclic N) is 1. The summed E-state index contributed by atoms with van der Waals surface area (Å²) in [5.74, 6) is 0.481. The number of rotatable bonds is 5. The van der Waals surface area contributed by atoms with Gasteiger partial charge in [-0.3, -0.25) is 14.4 Å². The molecular weight excluding hydrogens is 372 g/mol. The average molecular weight is 402 g/mol. The summed E-state index contributed by atoms with van der Waals surface area (Å²) in [4.78, 5) is 42.0. The highest BCUT2D eigenvalue weighted by Gasteiger charge is 2.49. The van der Waals surface area contributed by atoms with Gasteiger partial charge in [0.05, 0.1) is 12.6 Å². The number of amides is 2. The van der Waals surface area contributed by atoms with E-state index in [1.54, 1.807) is 19.3 Å². The zero-order valence-electron chi connectivity index (χ0n) is 16.9. The quantitative estimate of drug-likeness (QED) is 0.712. The highest BCUT2D eigenvalue weighted by Crippen LogP contribution is 2.41. The minimum Gasteiger partial charge on any atom is -0.395 e. The largest absolute Gasteiger partial charge is 0.395 e. The summed E-state index contributed by atoms with van der Waals surface area (Å²) in [5, 5.41) is 12.3. The molecular formula is C21H30N4O4. The Hall–Kier alpha value is -2.19. The Kier molecular flexibility index (Phi) is 5.74. The molecule has 2 amide bonds. The molecule has 0 spiro atoms. The van der Waals surface area contributed by atoms with Crippen molar-refractivity contribution < 1.29 is 14.7 Å². The van der Waals surface area contributed by atoms with Crippen LogP contribution in [0.5, 0.6) is 0 Å². The number of hydrogen-bond acceptors (Lipinski definition) is 5. The topological polar surface area (TPSA) is 94.9 Å². The second kappa shape index (κ2) is 8.28. The first-order valence-corrected chi connectivity index (χ1v) is 10.6. The van der Waals surface area contributed by atoms with Gasteiger partial charge >= 0.3 is 0 Å². The fourth-order valence-corrected chi connectivity index (χ4v) is 5.52. The molecule has 4 atom stereocenters. The van der Waals surface area contributed by atoms with Crippen molar-refractivity contribution in [3.63, 3.8) is 0 Å². The third-order valence-electron chi connectivity index (χ3n) is 6.83. The Balaban J connectivity index is 1.53. The number of piperidine rings is 3. The predicted molar refractivity (Wildman–Crippen MR) is 107 cm³/mol. The van der Waals surface area contributed by atoms with Crippen LogP contribution in [0, 0.1) is 11.8 Å². The third kappa shape index (κ3) is 3.83. The highest BCUT2D eigenvalue weighted by molar-refractivity contribution is 5.93. The van der Waals surface area contributed by atoms with Crippen LogP contribution in [0.1, 0.15) is 36.0 Å². The van der Waals surface area contributed by atoms with Crippen LogP contribution in [0.2, 0.25) is 0 Å². The number of aliphatic hydroxyl groups is 1. The molecule has 1 aromatic rings. The van der Waals surface area contributed by atoms with Gasteiger partial charge in [0.2, 0.25) is 5.91 Å². The number of likely N-dealkylation sites (tertiary alicyclic amines) is 1. The molecule has 1 aromatic heterocycles. The smallest absolute Gasteiger partial charge is 0.263 e. The molecule has 0 aliphatic carbocycles. The summed E-state index contributed by atoms with van der Waals surface area (Å²) in [7, 11) is 1.62. The zero-order chi connectivity index (χ0) is 20.5. The second-order valence-corrected chi connectivity index (χ2v) is 8.61. The number of hydrogen-bond donors (Lipinski definition) is 2. The maximum atomic E-state index is 12.8. The van der Waals surface area contributed by atoms with Gasteiger partial charge in [0.25, 0.3) is 11.5 Å². The number of aryl methyl sites for hydroxylation is 1. The molecule has 8 heteroatoms. The Morgan fingerprint density at radius 3 is 2.86 bits per heavy atom. The Morgan fingerprint density at radius 1 is 1.28 bits per heavy atom. The van der Waals surface area contributed by atoms with Gasteiger partial charge in [-0.2, -0.15) is 0 Å². The van der Waals surface area contributed by atoms with Crippen molar-refractivity contribution >= 4 is 11.8 Å². The van der Waals surface area contributed by atoms with Crippen molar-refractivity contribution in [2.45, 2.75) is 37.8 Å². The Morgan fingerprint density at radius 2 is 2.07 bits per heavy atom. The van der Waals surface area contributed by atoms with E-state index in [0.717, 1.165) is 32.4 Å².